The summed E-state index contributed by atoms with van der Waals surface area (Å²) in [7, 11) is 0. The van der Waals surface area contributed by atoms with Crippen molar-refractivity contribution in [2.75, 3.05) is 0 Å². The van der Waals surface area contributed by atoms with Crippen LogP contribution in [0.4, 0.5) is 0 Å². The van der Waals surface area contributed by atoms with Gasteiger partial charge in [-0.25, -0.2) is 4.79 Å². The third-order valence-corrected chi connectivity index (χ3v) is 4.87. The molecule has 1 aromatic heterocycles. The second-order valence-corrected chi connectivity index (χ2v) is 6.82. The third kappa shape index (κ3) is 3.93. The molecule has 134 valence electrons. The smallest absolute Gasteiger partial charge is 0.348 e. The van der Waals surface area contributed by atoms with E-state index in [4.69, 9.17) is 11.6 Å². The normalized spacial score (nSPS) is 16.6. The molecule has 3 N–H and O–H groups in total. The maximum Gasteiger partial charge on any atom is 0.348 e. The Morgan fingerprint density at radius 1 is 1.40 bits per heavy atom. The summed E-state index contributed by atoms with van der Waals surface area (Å²) in [5.74, 6) is 0.0696. The predicted octanol–water partition coefficient (Wildman–Crippen LogP) is 2.15. The number of amides is 1. The number of rotatable bonds is 4. The maximum absolute atomic E-state index is 12.5. The molecule has 1 heterocycles. The molecular formula is C17H21ClN4O3. The number of hydrogen-bond donors (Lipinski definition) is 3. The molecule has 1 aliphatic rings. The van der Waals surface area contributed by atoms with E-state index in [9.17, 15) is 14.7 Å². The number of aryl methyl sites for hydroxylation is 1. The summed E-state index contributed by atoms with van der Waals surface area (Å²) in [5, 5.41) is 17.2. The molecule has 0 aliphatic heterocycles. The first kappa shape index (κ1) is 17.7. The maximum atomic E-state index is 12.5. The van der Waals surface area contributed by atoms with Crippen LogP contribution in [0.5, 0.6) is 0 Å². The highest BCUT2D eigenvalue weighted by molar-refractivity contribution is 6.33. The van der Waals surface area contributed by atoms with Gasteiger partial charge in [0.05, 0.1) is 16.3 Å². The van der Waals surface area contributed by atoms with E-state index in [-0.39, 0.29) is 16.5 Å². The Bertz CT molecular complexity index is 824. The molecular weight excluding hydrogens is 344 g/mol. The van der Waals surface area contributed by atoms with Gasteiger partial charge in [-0.1, -0.05) is 30.9 Å². The number of carbonyl (C=O) groups excluding carboxylic acids is 1. The molecule has 1 saturated carbocycles. The summed E-state index contributed by atoms with van der Waals surface area (Å²) in [6.07, 6.45) is 4.20. The Labute approximate surface area is 150 Å². The van der Waals surface area contributed by atoms with Gasteiger partial charge in [0.15, 0.2) is 0 Å². The summed E-state index contributed by atoms with van der Waals surface area (Å²) in [4.78, 5) is 27.0. The number of nitrogens with one attached hydrogen (secondary N) is 2. The van der Waals surface area contributed by atoms with Gasteiger partial charge in [0.25, 0.3) is 5.91 Å². The van der Waals surface area contributed by atoms with Crippen LogP contribution in [-0.2, 0) is 0 Å². The lowest BCUT2D eigenvalue weighted by molar-refractivity contribution is 0.0463. The van der Waals surface area contributed by atoms with Crippen LogP contribution in [0.25, 0.3) is 5.69 Å². The Morgan fingerprint density at radius 2 is 2.12 bits per heavy atom. The minimum absolute atomic E-state index is 0.0660. The standard InChI is InChI=1S/C17H21ClN4O3/c1-10-19-17(25)22(21-10)12-7-8-14(18)13(9-12)16(24)20-15(23)11-5-3-2-4-6-11/h7-9,11,15,23H,2-6H2,1H3,(H,20,24)(H,19,21,25). The fourth-order valence-corrected chi connectivity index (χ4v) is 3.41. The lowest BCUT2D eigenvalue weighted by atomic mass is 9.88. The summed E-state index contributed by atoms with van der Waals surface area (Å²) < 4.78 is 1.17. The summed E-state index contributed by atoms with van der Waals surface area (Å²) in [6.45, 7) is 1.67. The van der Waals surface area contributed by atoms with Crippen LogP contribution >= 0.6 is 11.6 Å². The van der Waals surface area contributed by atoms with Crippen LogP contribution in [0.3, 0.4) is 0 Å². The number of aromatic nitrogens is 3. The van der Waals surface area contributed by atoms with Gasteiger partial charge in [-0.15, -0.1) is 0 Å². The number of hydrogen-bond acceptors (Lipinski definition) is 4. The molecule has 8 heteroatoms. The van der Waals surface area contributed by atoms with Gasteiger partial charge in [0.2, 0.25) is 0 Å². The number of aliphatic hydroxyl groups excluding tert-OH is 1. The molecule has 1 aromatic carbocycles. The molecule has 7 nitrogen and oxygen atoms in total. The molecule has 0 bridgehead atoms. The van der Waals surface area contributed by atoms with Crippen molar-refractivity contribution < 1.29 is 9.90 Å². The molecule has 0 radical (unpaired) electrons. The van der Waals surface area contributed by atoms with Crippen LogP contribution in [0.15, 0.2) is 23.0 Å². The summed E-state index contributed by atoms with van der Waals surface area (Å²) >= 11 is 6.13. The molecule has 1 aliphatic carbocycles. The fraction of sp³-hybridized carbons (Fsp3) is 0.471. The number of benzene rings is 1. The zero-order chi connectivity index (χ0) is 18.0. The number of nitrogens with zero attached hydrogens (tertiary/aromatic N) is 2. The van der Waals surface area contributed by atoms with E-state index in [0.717, 1.165) is 25.7 Å². The molecule has 1 amide bonds. The van der Waals surface area contributed by atoms with Crippen LogP contribution in [0, 0.1) is 12.8 Å². The van der Waals surface area contributed by atoms with Crippen molar-refractivity contribution in [3.63, 3.8) is 0 Å². The highest BCUT2D eigenvalue weighted by atomic mass is 35.5. The SMILES string of the molecule is Cc1nn(-c2ccc(Cl)c(C(=O)NC(O)C3CCCCC3)c2)c(=O)[nH]1. The average molecular weight is 365 g/mol. The lowest BCUT2D eigenvalue weighted by Crippen LogP contribution is -2.41. The molecule has 0 saturated heterocycles. The number of H-pyrrole nitrogens is 1. The van der Waals surface area contributed by atoms with Crippen molar-refractivity contribution in [2.45, 2.75) is 45.3 Å². The van der Waals surface area contributed by atoms with Gasteiger partial charge >= 0.3 is 5.69 Å². The van der Waals surface area contributed by atoms with E-state index in [1.165, 1.54) is 23.2 Å². The average Bonchev–Trinajstić information content (AvgIpc) is 2.94. The van der Waals surface area contributed by atoms with Crippen LogP contribution in [0.2, 0.25) is 5.02 Å². The third-order valence-electron chi connectivity index (χ3n) is 4.54. The van der Waals surface area contributed by atoms with Crippen LogP contribution in [-0.4, -0.2) is 32.0 Å². The highest BCUT2D eigenvalue weighted by Crippen LogP contribution is 2.26. The predicted molar refractivity (Wildman–Crippen MR) is 94.0 cm³/mol. The Balaban J connectivity index is 1.81. The molecule has 2 aromatic rings. The van der Waals surface area contributed by atoms with E-state index in [0.29, 0.717) is 11.5 Å². The van der Waals surface area contributed by atoms with E-state index in [1.807, 2.05) is 0 Å². The quantitative estimate of drug-likeness (QED) is 0.723. The zero-order valence-corrected chi connectivity index (χ0v) is 14.7. The number of halogens is 1. The first-order valence-corrected chi connectivity index (χ1v) is 8.78. The molecule has 3 rings (SSSR count). The van der Waals surface area contributed by atoms with Gasteiger partial charge in [0.1, 0.15) is 12.1 Å². The van der Waals surface area contributed by atoms with Crippen molar-refractivity contribution in [3.8, 4) is 5.69 Å². The van der Waals surface area contributed by atoms with E-state index in [2.05, 4.69) is 15.4 Å². The zero-order valence-electron chi connectivity index (χ0n) is 14.0. The molecule has 1 fully saturated rings. The summed E-state index contributed by atoms with van der Waals surface area (Å²) in [6, 6.07) is 4.64. The Kier molecular flexibility index (Phi) is 5.24. The minimum Gasteiger partial charge on any atom is -0.373 e. The highest BCUT2D eigenvalue weighted by Gasteiger charge is 2.24. The molecule has 1 atom stereocenters. The van der Waals surface area contributed by atoms with Gasteiger partial charge in [-0.2, -0.15) is 9.78 Å². The molecule has 1 unspecified atom stereocenters. The van der Waals surface area contributed by atoms with E-state index < -0.39 is 17.8 Å². The minimum atomic E-state index is -0.900. The fourth-order valence-electron chi connectivity index (χ4n) is 3.20. The van der Waals surface area contributed by atoms with Gasteiger partial charge in [0, 0.05) is 5.92 Å². The van der Waals surface area contributed by atoms with Crippen LogP contribution in [0.1, 0.15) is 48.3 Å². The Morgan fingerprint density at radius 3 is 2.76 bits per heavy atom. The number of aliphatic hydroxyl groups is 1. The van der Waals surface area contributed by atoms with Gasteiger partial charge in [-0.05, 0) is 38.0 Å². The van der Waals surface area contributed by atoms with Crippen molar-refractivity contribution in [2.24, 2.45) is 5.92 Å². The largest absolute Gasteiger partial charge is 0.373 e. The number of carbonyl (C=O) groups is 1. The van der Waals surface area contributed by atoms with E-state index in [1.54, 1.807) is 13.0 Å². The van der Waals surface area contributed by atoms with E-state index >= 15 is 0 Å². The number of aromatic amines is 1. The topological polar surface area (TPSA) is 100 Å². The first-order chi connectivity index (χ1) is 12.0. The van der Waals surface area contributed by atoms with Crippen molar-refractivity contribution in [1.29, 1.82) is 0 Å². The summed E-state index contributed by atoms with van der Waals surface area (Å²) in [5.41, 5.74) is 0.228. The Hall–Kier alpha value is -2.12. The first-order valence-electron chi connectivity index (χ1n) is 8.40. The molecule has 25 heavy (non-hydrogen) atoms. The monoisotopic (exact) mass is 364 g/mol. The second-order valence-electron chi connectivity index (χ2n) is 6.41. The van der Waals surface area contributed by atoms with Crippen LogP contribution < -0.4 is 11.0 Å². The molecule has 0 spiro atoms. The van der Waals surface area contributed by atoms with Gasteiger partial charge in [-0.3, -0.25) is 9.78 Å². The van der Waals surface area contributed by atoms with Crippen molar-refractivity contribution in [1.82, 2.24) is 20.1 Å². The second kappa shape index (κ2) is 7.41. The van der Waals surface area contributed by atoms with Crippen molar-refractivity contribution >= 4 is 17.5 Å². The van der Waals surface area contributed by atoms with Crippen molar-refractivity contribution in [3.05, 3.63) is 45.1 Å². The lowest BCUT2D eigenvalue weighted by Gasteiger charge is -2.27. The van der Waals surface area contributed by atoms with Gasteiger partial charge < -0.3 is 10.4 Å².